The molecule has 0 N–H and O–H groups in total. The van der Waals surface area contributed by atoms with Crippen LogP contribution in [-0.4, -0.2) is 0 Å². The summed E-state index contributed by atoms with van der Waals surface area (Å²) < 4.78 is 0. The lowest BCUT2D eigenvalue weighted by Gasteiger charge is -2.19. The summed E-state index contributed by atoms with van der Waals surface area (Å²) in [6.45, 7) is 4.43. The molecule has 4 aromatic carbocycles. The Morgan fingerprint density at radius 2 is 1.43 bits per heavy atom. The average Bonchev–Trinajstić information content (AvgIpc) is 2.74. The smallest absolute Gasteiger partial charge is 0.00732 e. The lowest BCUT2D eigenvalue weighted by molar-refractivity contribution is 0.978. The van der Waals surface area contributed by atoms with Gasteiger partial charge in [-0.15, -0.1) is 0 Å². The van der Waals surface area contributed by atoms with Gasteiger partial charge in [0.2, 0.25) is 0 Å². The van der Waals surface area contributed by atoms with Crippen molar-refractivity contribution in [2.24, 2.45) is 0 Å². The van der Waals surface area contributed by atoms with Crippen LogP contribution in [0.1, 0.15) is 34.2 Å². The van der Waals surface area contributed by atoms with E-state index in [0.29, 0.717) is 0 Å². The highest BCUT2D eigenvalue weighted by Crippen LogP contribution is 2.37. The number of benzene rings is 4. The molecule has 136 valence electrons. The first kappa shape index (κ1) is 17.0. The molecular formula is C28H24. The van der Waals surface area contributed by atoms with Gasteiger partial charge in [0.1, 0.15) is 0 Å². The summed E-state index contributed by atoms with van der Waals surface area (Å²) in [5.74, 6) is 0. The van der Waals surface area contributed by atoms with Gasteiger partial charge in [-0.1, -0.05) is 78.9 Å². The van der Waals surface area contributed by atoms with Gasteiger partial charge in [-0.2, -0.15) is 0 Å². The van der Waals surface area contributed by atoms with Crippen molar-refractivity contribution in [3.63, 3.8) is 0 Å². The van der Waals surface area contributed by atoms with Gasteiger partial charge in [0.05, 0.1) is 0 Å². The summed E-state index contributed by atoms with van der Waals surface area (Å²) in [6, 6.07) is 29.0. The predicted octanol–water partition coefficient (Wildman–Crippen LogP) is 7.50. The Bertz CT molecular complexity index is 1220. The largest absolute Gasteiger partial charge is 0.0757 e. The predicted molar refractivity (Wildman–Crippen MR) is 121 cm³/mol. The van der Waals surface area contributed by atoms with Crippen LogP contribution >= 0.6 is 0 Å². The minimum absolute atomic E-state index is 1.11. The molecule has 0 nitrogen and oxygen atoms in total. The molecule has 0 fully saturated rings. The van der Waals surface area contributed by atoms with Crippen molar-refractivity contribution in [3.05, 3.63) is 113 Å². The van der Waals surface area contributed by atoms with Crippen LogP contribution in [0.15, 0.2) is 84.9 Å². The third-order valence-corrected chi connectivity index (χ3v) is 6.02. The van der Waals surface area contributed by atoms with Crippen LogP contribution in [-0.2, 0) is 6.42 Å². The van der Waals surface area contributed by atoms with Crippen molar-refractivity contribution < 1.29 is 0 Å². The Morgan fingerprint density at radius 1 is 0.679 bits per heavy atom. The number of rotatable bonds is 2. The normalized spacial score (nSPS) is 13.3. The van der Waals surface area contributed by atoms with Gasteiger partial charge in [0, 0.05) is 0 Å². The molecule has 0 atom stereocenters. The van der Waals surface area contributed by atoms with E-state index in [9.17, 15) is 0 Å². The molecule has 0 saturated heterocycles. The van der Waals surface area contributed by atoms with Crippen LogP contribution in [0.5, 0.6) is 0 Å². The van der Waals surface area contributed by atoms with E-state index in [1.165, 1.54) is 55.3 Å². The second-order valence-electron chi connectivity index (χ2n) is 7.82. The minimum Gasteiger partial charge on any atom is -0.0757 e. The molecule has 0 aliphatic heterocycles. The summed E-state index contributed by atoms with van der Waals surface area (Å²) in [5.41, 5.74) is 10.9. The van der Waals surface area contributed by atoms with Crippen molar-refractivity contribution >= 4 is 16.3 Å². The standard InChI is InChI=1S/C28H24/c1-19-8-3-5-11-24(19)28-20(2)14-15-22-16-17-23(18-27(22)28)26-13-7-10-21-9-4-6-12-25(21)26/h3-6,8-9,11-18H,7,10H2,1-2H3. The van der Waals surface area contributed by atoms with Crippen LogP contribution in [0.25, 0.3) is 27.5 Å². The van der Waals surface area contributed by atoms with Crippen molar-refractivity contribution in [1.82, 2.24) is 0 Å². The monoisotopic (exact) mass is 360 g/mol. The molecule has 1 aliphatic carbocycles. The summed E-state index contributed by atoms with van der Waals surface area (Å²) in [7, 11) is 0. The zero-order chi connectivity index (χ0) is 19.1. The fourth-order valence-corrected chi connectivity index (χ4v) is 4.56. The van der Waals surface area contributed by atoms with Crippen LogP contribution < -0.4 is 0 Å². The molecule has 1 aliphatic rings. The quantitative estimate of drug-likeness (QED) is 0.347. The number of hydrogen-bond acceptors (Lipinski definition) is 0. The number of hydrogen-bond donors (Lipinski definition) is 0. The van der Waals surface area contributed by atoms with E-state index in [4.69, 9.17) is 0 Å². The topological polar surface area (TPSA) is 0 Å². The maximum atomic E-state index is 2.41. The molecular weight excluding hydrogens is 336 g/mol. The second kappa shape index (κ2) is 6.80. The molecule has 0 amide bonds. The summed E-state index contributed by atoms with van der Waals surface area (Å²) in [5, 5.41) is 2.65. The highest BCUT2D eigenvalue weighted by atomic mass is 14.2. The number of aryl methyl sites for hydroxylation is 3. The average molecular weight is 361 g/mol. The van der Waals surface area contributed by atoms with Gasteiger partial charge in [-0.25, -0.2) is 0 Å². The fraction of sp³-hybridized carbons (Fsp3) is 0.143. The van der Waals surface area contributed by atoms with Gasteiger partial charge in [0.15, 0.2) is 0 Å². The van der Waals surface area contributed by atoms with Gasteiger partial charge in [-0.05, 0) is 88.0 Å². The van der Waals surface area contributed by atoms with E-state index in [1.807, 2.05) is 0 Å². The maximum absolute atomic E-state index is 2.41. The fourth-order valence-electron chi connectivity index (χ4n) is 4.56. The van der Waals surface area contributed by atoms with E-state index in [0.717, 1.165) is 12.8 Å². The van der Waals surface area contributed by atoms with Crippen molar-refractivity contribution in [2.45, 2.75) is 26.7 Å². The molecule has 0 heteroatoms. The summed E-state index contributed by atoms with van der Waals surface area (Å²) >= 11 is 0. The van der Waals surface area contributed by atoms with Crippen LogP contribution in [0.4, 0.5) is 0 Å². The first-order chi connectivity index (χ1) is 13.7. The molecule has 0 spiro atoms. The van der Waals surface area contributed by atoms with Crippen molar-refractivity contribution in [2.75, 3.05) is 0 Å². The van der Waals surface area contributed by atoms with Gasteiger partial charge < -0.3 is 0 Å². The van der Waals surface area contributed by atoms with Crippen LogP contribution in [0.3, 0.4) is 0 Å². The minimum atomic E-state index is 1.11. The molecule has 0 heterocycles. The Hall–Kier alpha value is -3.12. The molecule has 0 saturated carbocycles. The number of allylic oxidation sites excluding steroid dienone is 1. The molecule has 0 aromatic heterocycles. The highest BCUT2D eigenvalue weighted by molar-refractivity contribution is 6.01. The molecule has 5 rings (SSSR count). The Labute approximate surface area is 167 Å². The first-order valence-electron chi connectivity index (χ1n) is 10.1. The molecule has 0 unspecified atom stereocenters. The van der Waals surface area contributed by atoms with Crippen molar-refractivity contribution in [1.29, 1.82) is 0 Å². The Morgan fingerprint density at radius 3 is 2.29 bits per heavy atom. The maximum Gasteiger partial charge on any atom is -0.00732 e. The van der Waals surface area contributed by atoms with E-state index in [-0.39, 0.29) is 0 Å². The summed E-state index contributed by atoms with van der Waals surface area (Å²) in [6.07, 6.45) is 4.66. The van der Waals surface area contributed by atoms with E-state index >= 15 is 0 Å². The highest BCUT2D eigenvalue weighted by Gasteiger charge is 2.16. The third-order valence-electron chi connectivity index (χ3n) is 6.02. The third kappa shape index (κ3) is 2.77. The Kier molecular flexibility index (Phi) is 4.13. The molecule has 4 aromatic rings. The molecule has 28 heavy (non-hydrogen) atoms. The van der Waals surface area contributed by atoms with Crippen LogP contribution in [0.2, 0.25) is 0 Å². The zero-order valence-corrected chi connectivity index (χ0v) is 16.5. The van der Waals surface area contributed by atoms with E-state index in [2.05, 4.69) is 98.8 Å². The van der Waals surface area contributed by atoms with E-state index in [1.54, 1.807) is 0 Å². The van der Waals surface area contributed by atoms with Gasteiger partial charge in [0.25, 0.3) is 0 Å². The van der Waals surface area contributed by atoms with Crippen LogP contribution in [0, 0.1) is 13.8 Å². The van der Waals surface area contributed by atoms with Crippen molar-refractivity contribution in [3.8, 4) is 11.1 Å². The zero-order valence-electron chi connectivity index (χ0n) is 16.5. The number of fused-ring (bicyclic) bond motifs is 2. The first-order valence-corrected chi connectivity index (χ1v) is 10.1. The molecule has 0 radical (unpaired) electrons. The summed E-state index contributed by atoms with van der Waals surface area (Å²) in [4.78, 5) is 0. The van der Waals surface area contributed by atoms with E-state index < -0.39 is 0 Å². The molecule has 0 bridgehead atoms. The SMILES string of the molecule is Cc1ccccc1-c1c(C)ccc2ccc(C3=CCCc4ccccc43)cc12. The second-order valence-corrected chi connectivity index (χ2v) is 7.82. The lowest BCUT2D eigenvalue weighted by Crippen LogP contribution is -2.00. The van der Waals surface area contributed by atoms with Gasteiger partial charge in [-0.3, -0.25) is 0 Å². The Balaban J connectivity index is 1.75. The lowest BCUT2D eigenvalue weighted by atomic mass is 9.85. The van der Waals surface area contributed by atoms with Gasteiger partial charge >= 0.3 is 0 Å².